The highest BCUT2D eigenvalue weighted by atomic mass is 16.4. The van der Waals surface area contributed by atoms with Crippen molar-refractivity contribution >= 4 is 17.4 Å². The first-order valence-electron chi connectivity index (χ1n) is 6.40. The van der Waals surface area contributed by atoms with Crippen molar-refractivity contribution < 1.29 is 14.7 Å². The summed E-state index contributed by atoms with van der Waals surface area (Å²) in [7, 11) is 0. The number of carbonyl (C=O) groups is 2. The summed E-state index contributed by atoms with van der Waals surface area (Å²) < 4.78 is 0. The lowest BCUT2D eigenvalue weighted by atomic mass is 9.96. The summed E-state index contributed by atoms with van der Waals surface area (Å²) in [6, 6.07) is 6.93. The van der Waals surface area contributed by atoms with Gasteiger partial charge in [0.25, 0.3) is 0 Å². The van der Waals surface area contributed by atoms with Gasteiger partial charge in [-0.2, -0.15) is 0 Å². The number of ketones is 1. The molecule has 1 heterocycles. The van der Waals surface area contributed by atoms with Crippen molar-refractivity contribution in [1.29, 1.82) is 0 Å². The Kier molecular flexibility index (Phi) is 4.16. The molecule has 5 nitrogen and oxygen atoms in total. The molecule has 0 aromatic heterocycles. The molecular weight excluding hydrogens is 244 g/mol. The lowest BCUT2D eigenvalue weighted by Gasteiger charge is -2.29. The SMILES string of the molecule is Nc1cccc(C(=O)CN2CCC(C(=O)O)CC2)c1. The van der Waals surface area contributed by atoms with Crippen molar-refractivity contribution in [3.05, 3.63) is 29.8 Å². The molecule has 19 heavy (non-hydrogen) atoms. The van der Waals surface area contributed by atoms with Gasteiger partial charge in [0.15, 0.2) is 5.78 Å². The zero-order chi connectivity index (χ0) is 13.8. The Balaban J connectivity index is 1.89. The normalized spacial score (nSPS) is 17.3. The van der Waals surface area contributed by atoms with Crippen LogP contribution in [0.5, 0.6) is 0 Å². The number of carbonyl (C=O) groups excluding carboxylic acids is 1. The van der Waals surface area contributed by atoms with E-state index in [0.29, 0.717) is 43.7 Å². The van der Waals surface area contributed by atoms with E-state index < -0.39 is 5.97 Å². The van der Waals surface area contributed by atoms with Crippen molar-refractivity contribution in [2.45, 2.75) is 12.8 Å². The summed E-state index contributed by atoms with van der Waals surface area (Å²) in [5.74, 6) is -0.971. The largest absolute Gasteiger partial charge is 0.481 e. The predicted octanol–water partition coefficient (Wildman–Crippen LogP) is 1.25. The van der Waals surface area contributed by atoms with Crippen LogP contribution >= 0.6 is 0 Å². The van der Waals surface area contributed by atoms with E-state index in [1.165, 1.54) is 0 Å². The molecule has 0 spiro atoms. The highest BCUT2D eigenvalue weighted by Crippen LogP contribution is 2.18. The maximum atomic E-state index is 12.1. The first kappa shape index (κ1) is 13.5. The first-order valence-corrected chi connectivity index (χ1v) is 6.40. The van der Waals surface area contributed by atoms with Crippen molar-refractivity contribution in [2.24, 2.45) is 5.92 Å². The quantitative estimate of drug-likeness (QED) is 0.630. The molecule has 1 aliphatic rings. The van der Waals surface area contributed by atoms with Crippen LogP contribution in [0, 0.1) is 5.92 Å². The van der Waals surface area contributed by atoms with Crippen LogP contribution < -0.4 is 5.73 Å². The molecule has 3 N–H and O–H groups in total. The number of hydrogen-bond donors (Lipinski definition) is 2. The summed E-state index contributed by atoms with van der Waals surface area (Å²) in [5, 5.41) is 8.92. The fraction of sp³-hybridized carbons (Fsp3) is 0.429. The van der Waals surface area contributed by atoms with Gasteiger partial charge in [0, 0.05) is 11.3 Å². The Bertz CT molecular complexity index is 479. The number of likely N-dealkylation sites (tertiary alicyclic amines) is 1. The monoisotopic (exact) mass is 262 g/mol. The van der Waals surface area contributed by atoms with E-state index >= 15 is 0 Å². The number of piperidine rings is 1. The van der Waals surface area contributed by atoms with Gasteiger partial charge in [-0.25, -0.2) is 0 Å². The van der Waals surface area contributed by atoms with E-state index in [4.69, 9.17) is 10.8 Å². The molecule has 1 aliphatic heterocycles. The Labute approximate surface area is 112 Å². The number of benzene rings is 1. The van der Waals surface area contributed by atoms with Crippen LogP contribution in [-0.2, 0) is 4.79 Å². The van der Waals surface area contributed by atoms with Crippen LogP contribution in [0.15, 0.2) is 24.3 Å². The van der Waals surface area contributed by atoms with Crippen LogP contribution in [0.4, 0.5) is 5.69 Å². The van der Waals surface area contributed by atoms with Gasteiger partial charge in [0.1, 0.15) is 0 Å². The Hall–Kier alpha value is -1.88. The molecule has 1 aromatic rings. The number of nitrogens with zero attached hydrogens (tertiary/aromatic N) is 1. The number of carboxylic acid groups (broad SMARTS) is 1. The van der Waals surface area contributed by atoms with Gasteiger partial charge >= 0.3 is 5.97 Å². The van der Waals surface area contributed by atoms with Gasteiger partial charge in [-0.05, 0) is 38.1 Å². The molecule has 5 heteroatoms. The Morgan fingerprint density at radius 3 is 2.58 bits per heavy atom. The highest BCUT2D eigenvalue weighted by molar-refractivity contribution is 5.98. The third-order valence-electron chi connectivity index (χ3n) is 3.51. The van der Waals surface area contributed by atoms with Gasteiger partial charge < -0.3 is 10.8 Å². The number of rotatable bonds is 4. The van der Waals surface area contributed by atoms with E-state index in [0.717, 1.165) is 0 Å². The van der Waals surface area contributed by atoms with Gasteiger partial charge in [0.2, 0.25) is 0 Å². The second-order valence-corrected chi connectivity index (χ2v) is 4.94. The third-order valence-corrected chi connectivity index (χ3v) is 3.51. The lowest BCUT2D eigenvalue weighted by molar-refractivity contribution is -0.143. The average molecular weight is 262 g/mol. The fourth-order valence-electron chi connectivity index (χ4n) is 2.34. The van der Waals surface area contributed by atoms with Crippen molar-refractivity contribution in [2.75, 3.05) is 25.4 Å². The molecule has 102 valence electrons. The van der Waals surface area contributed by atoms with Crippen LogP contribution in [0.25, 0.3) is 0 Å². The molecule has 1 saturated heterocycles. The third kappa shape index (κ3) is 3.54. The molecule has 1 fully saturated rings. The highest BCUT2D eigenvalue weighted by Gasteiger charge is 2.25. The second kappa shape index (κ2) is 5.84. The second-order valence-electron chi connectivity index (χ2n) is 4.94. The standard InChI is InChI=1S/C14H18N2O3/c15-12-3-1-2-11(8-12)13(17)9-16-6-4-10(5-7-16)14(18)19/h1-3,8,10H,4-7,9,15H2,(H,18,19). The summed E-state index contributed by atoms with van der Waals surface area (Å²) in [6.45, 7) is 1.64. The van der Waals surface area contributed by atoms with Gasteiger partial charge in [-0.3, -0.25) is 14.5 Å². The molecule has 0 unspecified atom stereocenters. The van der Waals surface area contributed by atoms with Crippen LogP contribution in [-0.4, -0.2) is 41.4 Å². The first-order chi connectivity index (χ1) is 9.06. The van der Waals surface area contributed by atoms with Gasteiger partial charge in [-0.15, -0.1) is 0 Å². The van der Waals surface area contributed by atoms with E-state index in [1.54, 1.807) is 24.3 Å². The van der Waals surface area contributed by atoms with Crippen molar-refractivity contribution in [1.82, 2.24) is 4.90 Å². The molecule has 0 radical (unpaired) electrons. The molecule has 0 amide bonds. The van der Waals surface area contributed by atoms with Crippen molar-refractivity contribution in [3.63, 3.8) is 0 Å². The molecule has 0 bridgehead atoms. The minimum absolute atomic E-state index is 0.0288. The van der Waals surface area contributed by atoms with Gasteiger partial charge in [-0.1, -0.05) is 12.1 Å². The van der Waals surface area contributed by atoms with Crippen LogP contribution in [0.3, 0.4) is 0 Å². The predicted molar refractivity (Wildman–Crippen MR) is 72.0 cm³/mol. The number of anilines is 1. The van der Waals surface area contributed by atoms with Gasteiger partial charge in [0.05, 0.1) is 12.5 Å². The van der Waals surface area contributed by atoms with Crippen LogP contribution in [0.2, 0.25) is 0 Å². The molecule has 2 rings (SSSR count). The number of nitrogen functional groups attached to an aromatic ring is 1. The van der Waals surface area contributed by atoms with E-state index in [9.17, 15) is 9.59 Å². The number of nitrogens with two attached hydrogens (primary N) is 1. The topological polar surface area (TPSA) is 83.6 Å². The number of Topliss-reactive ketones (excluding diaryl/α,β-unsaturated/α-hetero) is 1. The molecule has 0 saturated carbocycles. The van der Waals surface area contributed by atoms with E-state index in [-0.39, 0.29) is 11.7 Å². The minimum Gasteiger partial charge on any atom is -0.481 e. The molecular formula is C14H18N2O3. The molecule has 1 aromatic carbocycles. The number of carboxylic acids is 1. The van der Waals surface area contributed by atoms with Crippen LogP contribution in [0.1, 0.15) is 23.2 Å². The minimum atomic E-state index is -0.734. The summed E-state index contributed by atoms with van der Waals surface area (Å²) in [4.78, 5) is 24.9. The zero-order valence-electron chi connectivity index (χ0n) is 10.7. The molecule has 0 aliphatic carbocycles. The number of hydrogen-bond acceptors (Lipinski definition) is 4. The molecule has 0 atom stereocenters. The Morgan fingerprint density at radius 1 is 1.32 bits per heavy atom. The zero-order valence-corrected chi connectivity index (χ0v) is 10.7. The maximum absolute atomic E-state index is 12.1. The summed E-state index contributed by atoms with van der Waals surface area (Å²) >= 11 is 0. The Morgan fingerprint density at radius 2 is 2.00 bits per heavy atom. The maximum Gasteiger partial charge on any atom is 0.306 e. The number of aliphatic carboxylic acids is 1. The van der Waals surface area contributed by atoms with Crippen molar-refractivity contribution in [3.8, 4) is 0 Å². The average Bonchev–Trinajstić information content (AvgIpc) is 2.39. The smallest absolute Gasteiger partial charge is 0.306 e. The summed E-state index contributed by atoms with van der Waals surface area (Å²) in [6.07, 6.45) is 1.22. The fourth-order valence-corrected chi connectivity index (χ4v) is 2.34. The summed E-state index contributed by atoms with van der Waals surface area (Å²) in [5.41, 5.74) is 6.84. The van der Waals surface area contributed by atoms with E-state index in [2.05, 4.69) is 0 Å². The lowest BCUT2D eigenvalue weighted by Crippen LogP contribution is -2.39. The van der Waals surface area contributed by atoms with E-state index in [1.807, 2.05) is 4.90 Å².